The van der Waals surface area contributed by atoms with E-state index in [-0.39, 0.29) is 5.41 Å². The lowest BCUT2D eigenvalue weighted by Crippen LogP contribution is -2.36. The van der Waals surface area contributed by atoms with Crippen molar-refractivity contribution in [3.8, 4) is 0 Å². The molecular formula is C25H29N5O. The summed E-state index contributed by atoms with van der Waals surface area (Å²) >= 11 is 0. The summed E-state index contributed by atoms with van der Waals surface area (Å²) in [4.78, 5) is 19.5. The highest BCUT2D eigenvalue weighted by Gasteiger charge is 2.40. The molecule has 5 heterocycles. The Bertz CT molecular complexity index is 1160. The molecule has 0 aromatic carbocycles. The molecule has 0 amide bonds. The average molecular weight is 416 g/mol. The third-order valence-electron chi connectivity index (χ3n) is 6.96. The lowest BCUT2D eigenvalue weighted by molar-refractivity contribution is 0.122. The molecule has 0 N–H and O–H groups in total. The smallest absolute Gasteiger partial charge is 0.161 e. The highest BCUT2D eigenvalue weighted by Crippen LogP contribution is 2.50. The lowest BCUT2D eigenvalue weighted by atomic mass is 9.91. The minimum atomic E-state index is -0.0249. The maximum Gasteiger partial charge on any atom is 0.161 e. The van der Waals surface area contributed by atoms with Crippen LogP contribution in [0.2, 0.25) is 0 Å². The third kappa shape index (κ3) is 3.07. The fraction of sp³-hybridized carbons (Fsp3) is 0.480. The predicted octanol–water partition coefficient (Wildman–Crippen LogP) is 4.48. The van der Waals surface area contributed by atoms with Gasteiger partial charge in [-0.2, -0.15) is 0 Å². The van der Waals surface area contributed by atoms with Crippen LogP contribution in [0.25, 0.3) is 11.0 Å². The number of aromatic nitrogens is 3. The van der Waals surface area contributed by atoms with Crippen LogP contribution in [0.3, 0.4) is 0 Å². The van der Waals surface area contributed by atoms with Crippen LogP contribution in [-0.2, 0) is 10.2 Å². The van der Waals surface area contributed by atoms with Gasteiger partial charge in [0, 0.05) is 42.6 Å². The van der Waals surface area contributed by atoms with Gasteiger partial charge in [0.15, 0.2) is 5.65 Å². The van der Waals surface area contributed by atoms with E-state index in [0.29, 0.717) is 5.92 Å². The van der Waals surface area contributed by atoms with Gasteiger partial charge < -0.3 is 14.5 Å². The number of fused-ring (bicyclic) bond motifs is 2. The number of anilines is 3. The highest BCUT2D eigenvalue weighted by molar-refractivity contribution is 5.95. The first-order valence-corrected chi connectivity index (χ1v) is 11.4. The molecule has 0 spiro atoms. The normalized spacial score (nSPS) is 20.4. The Labute approximate surface area is 183 Å². The average Bonchev–Trinajstić information content (AvgIpc) is 3.59. The molecule has 0 bridgehead atoms. The van der Waals surface area contributed by atoms with Crippen molar-refractivity contribution in [2.45, 2.75) is 44.9 Å². The first-order valence-electron chi connectivity index (χ1n) is 11.4. The molecule has 160 valence electrons. The maximum atomic E-state index is 5.56. The zero-order chi connectivity index (χ0) is 21.2. The maximum absolute atomic E-state index is 5.56. The van der Waals surface area contributed by atoms with Gasteiger partial charge >= 0.3 is 0 Å². The molecule has 1 saturated heterocycles. The zero-order valence-electron chi connectivity index (χ0n) is 18.6. The molecule has 1 saturated carbocycles. The quantitative estimate of drug-likeness (QED) is 0.629. The van der Waals surface area contributed by atoms with E-state index < -0.39 is 0 Å². The third-order valence-corrected chi connectivity index (χ3v) is 6.96. The second-order valence-corrected chi connectivity index (χ2v) is 9.75. The van der Waals surface area contributed by atoms with Gasteiger partial charge in [-0.1, -0.05) is 13.8 Å². The second kappa shape index (κ2) is 6.89. The molecule has 2 aliphatic heterocycles. The number of pyridine rings is 3. The Hall–Kier alpha value is -2.73. The Morgan fingerprint density at radius 1 is 1.13 bits per heavy atom. The van der Waals surface area contributed by atoms with Crippen molar-refractivity contribution in [2.24, 2.45) is 0 Å². The Balaban J connectivity index is 1.54. The molecule has 1 aliphatic carbocycles. The molecule has 0 atom stereocenters. The Kier molecular flexibility index (Phi) is 4.22. The largest absolute Gasteiger partial charge is 0.378 e. The van der Waals surface area contributed by atoms with Crippen LogP contribution >= 0.6 is 0 Å². The monoisotopic (exact) mass is 415 g/mol. The summed E-state index contributed by atoms with van der Waals surface area (Å²) in [6.07, 6.45) is 6.36. The van der Waals surface area contributed by atoms with E-state index in [0.717, 1.165) is 43.9 Å². The van der Waals surface area contributed by atoms with Gasteiger partial charge in [0.25, 0.3) is 0 Å². The van der Waals surface area contributed by atoms with E-state index in [2.05, 4.69) is 47.7 Å². The van der Waals surface area contributed by atoms with Crippen LogP contribution in [-0.4, -0.2) is 47.8 Å². The standard InChI is InChI=1S/C25H29N5O/c1-16-21(17-6-7-17)28-24-19(5-4-8-26-24)22(16)30-15-25(2,3)23-20(30)13-18(14-27-23)29-9-11-31-12-10-29/h4-5,8,13-14,17H,6-7,9-12,15H2,1-3H3. The van der Waals surface area contributed by atoms with Crippen molar-refractivity contribution in [3.63, 3.8) is 0 Å². The van der Waals surface area contributed by atoms with Crippen LogP contribution in [0.4, 0.5) is 17.1 Å². The summed E-state index contributed by atoms with van der Waals surface area (Å²) in [5.41, 5.74) is 8.18. The molecule has 3 aliphatic rings. The van der Waals surface area contributed by atoms with Gasteiger partial charge in [-0.3, -0.25) is 4.98 Å². The predicted molar refractivity (Wildman–Crippen MR) is 124 cm³/mol. The molecule has 31 heavy (non-hydrogen) atoms. The van der Waals surface area contributed by atoms with Crippen LogP contribution in [0.5, 0.6) is 0 Å². The molecule has 2 fully saturated rings. The van der Waals surface area contributed by atoms with Crippen molar-refractivity contribution in [1.82, 2.24) is 15.0 Å². The van der Waals surface area contributed by atoms with E-state index >= 15 is 0 Å². The SMILES string of the molecule is Cc1c(C2CC2)nc2ncccc2c1N1CC(C)(C)c2ncc(N3CCOCC3)cc21. The van der Waals surface area contributed by atoms with Crippen molar-refractivity contribution in [1.29, 1.82) is 0 Å². The molecule has 6 rings (SSSR count). The zero-order valence-corrected chi connectivity index (χ0v) is 18.6. The number of hydrogen-bond acceptors (Lipinski definition) is 6. The number of hydrogen-bond donors (Lipinski definition) is 0. The second-order valence-electron chi connectivity index (χ2n) is 9.75. The van der Waals surface area contributed by atoms with E-state index in [1.165, 1.54) is 46.9 Å². The van der Waals surface area contributed by atoms with Crippen molar-refractivity contribution in [2.75, 3.05) is 42.6 Å². The minimum Gasteiger partial charge on any atom is -0.378 e. The van der Waals surface area contributed by atoms with Crippen LogP contribution < -0.4 is 9.80 Å². The van der Waals surface area contributed by atoms with E-state index in [9.17, 15) is 0 Å². The fourth-order valence-corrected chi connectivity index (χ4v) is 5.21. The van der Waals surface area contributed by atoms with E-state index in [4.69, 9.17) is 14.7 Å². The summed E-state index contributed by atoms with van der Waals surface area (Å²) < 4.78 is 5.56. The van der Waals surface area contributed by atoms with Gasteiger partial charge in [0.05, 0.1) is 47.9 Å². The number of nitrogens with zero attached hydrogens (tertiary/aromatic N) is 5. The van der Waals surface area contributed by atoms with Gasteiger partial charge in [0.2, 0.25) is 0 Å². The Morgan fingerprint density at radius 3 is 2.71 bits per heavy atom. The van der Waals surface area contributed by atoms with Crippen LogP contribution in [0.1, 0.15) is 49.6 Å². The number of morpholine rings is 1. The van der Waals surface area contributed by atoms with Gasteiger partial charge in [0.1, 0.15) is 0 Å². The summed E-state index contributed by atoms with van der Waals surface area (Å²) in [7, 11) is 0. The minimum absolute atomic E-state index is 0.0249. The molecule has 6 nitrogen and oxygen atoms in total. The summed E-state index contributed by atoms with van der Waals surface area (Å²) in [5, 5.41) is 1.13. The fourth-order valence-electron chi connectivity index (χ4n) is 5.21. The molecule has 3 aromatic rings. The van der Waals surface area contributed by atoms with Crippen LogP contribution in [0.15, 0.2) is 30.6 Å². The van der Waals surface area contributed by atoms with Crippen LogP contribution in [0, 0.1) is 6.92 Å². The molecule has 0 unspecified atom stereocenters. The van der Waals surface area contributed by atoms with Gasteiger partial charge in [-0.25, -0.2) is 9.97 Å². The summed E-state index contributed by atoms with van der Waals surface area (Å²) in [5.74, 6) is 0.582. The van der Waals surface area contributed by atoms with Crippen molar-refractivity contribution < 1.29 is 4.74 Å². The summed E-state index contributed by atoms with van der Waals surface area (Å²) in [6.45, 7) is 11.1. The summed E-state index contributed by atoms with van der Waals surface area (Å²) in [6, 6.07) is 6.52. The van der Waals surface area contributed by atoms with Gasteiger partial charge in [-0.15, -0.1) is 0 Å². The lowest BCUT2D eigenvalue weighted by Gasteiger charge is -2.30. The molecule has 3 aromatic heterocycles. The van der Waals surface area contributed by atoms with E-state index in [1.54, 1.807) is 0 Å². The first-order chi connectivity index (χ1) is 15.0. The number of rotatable bonds is 3. The number of ether oxygens (including phenoxy) is 1. The topological polar surface area (TPSA) is 54.4 Å². The highest BCUT2D eigenvalue weighted by atomic mass is 16.5. The molecule has 0 radical (unpaired) electrons. The Morgan fingerprint density at radius 2 is 1.94 bits per heavy atom. The van der Waals surface area contributed by atoms with Crippen molar-refractivity contribution >= 4 is 28.1 Å². The van der Waals surface area contributed by atoms with Crippen molar-refractivity contribution in [3.05, 3.63) is 47.5 Å². The first kappa shape index (κ1) is 19.0. The molecular weight excluding hydrogens is 386 g/mol. The van der Waals surface area contributed by atoms with E-state index in [1.807, 2.05) is 18.5 Å². The molecule has 6 heteroatoms. The van der Waals surface area contributed by atoms with Gasteiger partial charge in [-0.05, 0) is 43.5 Å².